The van der Waals surface area contributed by atoms with Gasteiger partial charge in [0.1, 0.15) is 0 Å². The topological polar surface area (TPSA) is 86.7 Å². The molecular formula is C13H17ClN2O4S. The highest BCUT2D eigenvalue weighted by atomic mass is 35.5. The molecule has 0 saturated carbocycles. The maximum absolute atomic E-state index is 12.4. The van der Waals surface area contributed by atoms with Crippen LogP contribution in [0.15, 0.2) is 18.2 Å². The van der Waals surface area contributed by atoms with Gasteiger partial charge in [-0.2, -0.15) is 12.7 Å². The lowest BCUT2D eigenvalue weighted by atomic mass is 10.2. The summed E-state index contributed by atoms with van der Waals surface area (Å²) >= 11 is 5.82. The second-order valence-electron chi connectivity index (χ2n) is 4.92. The Balaban J connectivity index is 2.27. The number of nitrogens with zero attached hydrogens (tertiary/aromatic N) is 1. The van der Waals surface area contributed by atoms with Gasteiger partial charge in [-0.05, 0) is 31.0 Å². The standard InChI is InChI=1S/C13H17ClN2O4S/c14-10-5-6-11(13(17)18)12(9-10)15-21(19,20)16-7-3-1-2-4-8-16/h5-6,9,15H,1-4,7-8H2,(H,17,18). The van der Waals surface area contributed by atoms with Gasteiger partial charge in [-0.15, -0.1) is 0 Å². The smallest absolute Gasteiger partial charge is 0.337 e. The molecule has 1 aromatic rings. The van der Waals surface area contributed by atoms with Gasteiger partial charge in [0, 0.05) is 18.1 Å². The number of halogens is 1. The summed E-state index contributed by atoms with van der Waals surface area (Å²) in [6, 6.07) is 4.00. The van der Waals surface area contributed by atoms with Crippen molar-refractivity contribution >= 4 is 33.5 Å². The Morgan fingerprint density at radius 2 is 1.81 bits per heavy atom. The third kappa shape index (κ3) is 4.09. The summed E-state index contributed by atoms with van der Waals surface area (Å²) in [5, 5.41) is 9.39. The highest BCUT2D eigenvalue weighted by Crippen LogP contribution is 2.24. The minimum atomic E-state index is -3.77. The number of hydrogen-bond acceptors (Lipinski definition) is 3. The second kappa shape index (κ2) is 6.64. The van der Waals surface area contributed by atoms with E-state index < -0.39 is 16.2 Å². The number of carboxylic acids is 1. The van der Waals surface area contributed by atoms with Crippen LogP contribution < -0.4 is 4.72 Å². The fourth-order valence-electron chi connectivity index (χ4n) is 2.27. The van der Waals surface area contributed by atoms with Crippen LogP contribution in [0.5, 0.6) is 0 Å². The summed E-state index contributed by atoms with van der Waals surface area (Å²) in [4.78, 5) is 11.2. The van der Waals surface area contributed by atoms with E-state index in [1.54, 1.807) is 0 Å². The van der Waals surface area contributed by atoms with Crippen LogP contribution in [0, 0.1) is 0 Å². The number of anilines is 1. The normalized spacial score (nSPS) is 17.2. The van der Waals surface area contributed by atoms with Crippen molar-refractivity contribution in [2.45, 2.75) is 25.7 Å². The van der Waals surface area contributed by atoms with Gasteiger partial charge in [0.2, 0.25) is 0 Å². The Kier molecular flexibility index (Phi) is 5.08. The van der Waals surface area contributed by atoms with Gasteiger partial charge in [-0.25, -0.2) is 4.79 Å². The van der Waals surface area contributed by atoms with Crippen molar-refractivity contribution in [1.82, 2.24) is 4.31 Å². The lowest BCUT2D eigenvalue weighted by molar-refractivity contribution is 0.0698. The molecule has 0 atom stereocenters. The summed E-state index contributed by atoms with van der Waals surface area (Å²) < 4.78 is 28.4. The SMILES string of the molecule is O=C(O)c1ccc(Cl)cc1NS(=O)(=O)N1CCCCCC1. The van der Waals surface area contributed by atoms with E-state index in [-0.39, 0.29) is 16.3 Å². The largest absolute Gasteiger partial charge is 0.478 e. The van der Waals surface area contributed by atoms with Crippen molar-refractivity contribution in [2.75, 3.05) is 17.8 Å². The van der Waals surface area contributed by atoms with Gasteiger partial charge in [0.15, 0.2) is 0 Å². The zero-order valence-corrected chi connectivity index (χ0v) is 13.0. The fourth-order valence-corrected chi connectivity index (χ4v) is 3.76. The van der Waals surface area contributed by atoms with Gasteiger partial charge in [0.05, 0.1) is 11.3 Å². The molecular weight excluding hydrogens is 316 g/mol. The van der Waals surface area contributed by atoms with Gasteiger partial charge in [-0.3, -0.25) is 4.72 Å². The molecule has 0 radical (unpaired) electrons. The van der Waals surface area contributed by atoms with E-state index in [0.29, 0.717) is 13.1 Å². The zero-order valence-electron chi connectivity index (χ0n) is 11.4. The molecule has 8 heteroatoms. The first kappa shape index (κ1) is 16.1. The first-order chi connectivity index (χ1) is 9.90. The van der Waals surface area contributed by atoms with Crippen LogP contribution in [-0.2, 0) is 10.2 Å². The van der Waals surface area contributed by atoms with E-state index in [1.807, 2.05) is 0 Å². The molecule has 1 aliphatic rings. The fraction of sp³-hybridized carbons (Fsp3) is 0.462. The number of aromatic carboxylic acids is 1. The molecule has 2 rings (SSSR count). The molecule has 0 aromatic heterocycles. The molecule has 2 N–H and O–H groups in total. The molecule has 0 amide bonds. The minimum Gasteiger partial charge on any atom is -0.478 e. The number of nitrogens with one attached hydrogen (secondary N) is 1. The molecule has 0 bridgehead atoms. The van der Waals surface area contributed by atoms with Crippen molar-refractivity contribution < 1.29 is 18.3 Å². The lowest BCUT2D eigenvalue weighted by Gasteiger charge is -2.21. The second-order valence-corrected chi connectivity index (χ2v) is 7.02. The molecule has 0 aliphatic carbocycles. The Bertz CT molecular complexity index is 625. The number of hydrogen-bond donors (Lipinski definition) is 2. The van der Waals surface area contributed by atoms with Gasteiger partial charge in [0.25, 0.3) is 0 Å². The first-order valence-corrected chi connectivity index (χ1v) is 8.53. The van der Waals surface area contributed by atoms with E-state index in [4.69, 9.17) is 16.7 Å². The third-order valence-electron chi connectivity index (χ3n) is 3.36. The summed E-state index contributed by atoms with van der Waals surface area (Å²) in [7, 11) is -3.77. The highest BCUT2D eigenvalue weighted by molar-refractivity contribution is 7.90. The van der Waals surface area contributed by atoms with Crippen molar-refractivity contribution in [3.05, 3.63) is 28.8 Å². The van der Waals surface area contributed by atoms with E-state index in [9.17, 15) is 13.2 Å². The molecule has 6 nitrogen and oxygen atoms in total. The first-order valence-electron chi connectivity index (χ1n) is 6.71. The van der Waals surface area contributed by atoms with Gasteiger partial charge < -0.3 is 5.11 Å². The minimum absolute atomic E-state index is 0.0146. The average molecular weight is 333 g/mol. The zero-order chi connectivity index (χ0) is 15.5. The van der Waals surface area contributed by atoms with E-state index in [2.05, 4.69) is 4.72 Å². The quantitative estimate of drug-likeness (QED) is 0.887. The van der Waals surface area contributed by atoms with Crippen LogP contribution >= 0.6 is 11.6 Å². The van der Waals surface area contributed by atoms with Crippen LogP contribution in [0.4, 0.5) is 5.69 Å². The van der Waals surface area contributed by atoms with E-state index in [1.165, 1.54) is 22.5 Å². The van der Waals surface area contributed by atoms with Crippen LogP contribution in [-0.4, -0.2) is 36.9 Å². The highest BCUT2D eigenvalue weighted by Gasteiger charge is 2.24. The van der Waals surface area contributed by atoms with E-state index >= 15 is 0 Å². The molecule has 0 spiro atoms. The van der Waals surface area contributed by atoms with Crippen molar-refractivity contribution in [3.63, 3.8) is 0 Å². The van der Waals surface area contributed by atoms with Crippen molar-refractivity contribution in [1.29, 1.82) is 0 Å². The molecule has 1 aliphatic heterocycles. The predicted octanol–water partition coefficient (Wildman–Crippen LogP) is 2.57. The molecule has 21 heavy (non-hydrogen) atoms. The Morgan fingerprint density at radius 1 is 1.19 bits per heavy atom. The number of carboxylic acid groups (broad SMARTS) is 1. The Labute approximate surface area is 128 Å². The van der Waals surface area contributed by atoms with Gasteiger partial charge in [-0.1, -0.05) is 24.4 Å². The lowest BCUT2D eigenvalue weighted by Crippen LogP contribution is -2.36. The predicted molar refractivity (Wildman–Crippen MR) is 81.0 cm³/mol. The van der Waals surface area contributed by atoms with Crippen LogP contribution in [0.2, 0.25) is 5.02 Å². The van der Waals surface area contributed by atoms with Crippen molar-refractivity contribution in [3.8, 4) is 0 Å². The molecule has 1 fully saturated rings. The maximum Gasteiger partial charge on any atom is 0.337 e. The molecule has 116 valence electrons. The molecule has 1 saturated heterocycles. The van der Waals surface area contributed by atoms with E-state index in [0.717, 1.165) is 25.7 Å². The van der Waals surface area contributed by atoms with Crippen LogP contribution in [0.25, 0.3) is 0 Å². The van der Waals surface area contributed by atoms with Gasteiger partial charge >= 0.3 is 16.2 Å². The molecule has 1 aromatic carbocycles. The summed E-state index contributed by atoms with van der Waals surface area (Å²) in [6.07, 6.45) is 3.62. The summed E-state index contributed by atoms with van der Waals surface area (Å²) in [5.41, 5.74) is -0.142. The average Bonchev–Trinajstić information content (AvgIpc) is 2.67. The Morgan fingerprint density at radius 3 is 2.38 bits per heavy atom. The van der Waals surface area contributed by atoms with Crippen molar-refractivity contribution in [2.24, 2.45) is 0 Å². The summed E-state index contributed by atoms with van der Waals surface area (Å²) in [6.45, 7) is 0.886. The monoisotopic (exact) mass is 332 g/mol. The number of rotatable bonds is 4. The van der Waals surface area contributed by atoms with Crippen LogP contribution in [0.1, 0.15) is 36.0 Å². The number of carbonyl (C=O) groups is 1. The summed E-state index contributed by atoms with van der Waals surface area (Å²) in [5.74, 6) is -1.21. The maximum atomic E-state index is 12.4. The third-order valence-corrected chi connectivity index (χ3v) is 5.11. The molecule has 0 unspecified atom stereocenters. The number of benzene rings is 1. The molecule has 1 heterocycles. The van der Waals surface area contributed by atoms with Crippen LogP contribution in [0.3, 0.4) is 0 Å². The Hall–Kier alpha value is -1.31.